The molecule has 0 aliphatic rings. The van der Waals surface area contributed by atoms with Gasteiger partial charge in [0.05, 0.1) is 0 Å². The van der Waals surface area contributed by atoms with Gasteiger partial charge in [-0.1, -0.05) is 0 Å². The third kappa shape index (κ3) is 3.92. The first kappa shape index (κ1) is 4.92. The topological polar surface area (TPSA) is 52.0 Å². The van der Waals surface area contributed by atoms with Crippen molar-refractivity contribution in [1.82, 2.24) is 0 Å². The van der Waals surface area contributed by atoms with E-state index in [9.17, 15) is 0 Å². The summed E-state index contributed by atoms with van der Waals surface area (Å²) in [5, 5.41) is 0. The Morgan fingerprint density at radius 1 is 1.80 bits per heavy atom. The van der Waals surface area contributed by atoms with Crippen molar-refractivity contribution in [3.8, 4) is 0 Å². The third-order valence-electron chi connectivity index (χ3n) is 0.303. The quantitative estimate of drug-likeness (QED) is 0.423. The highest BCUT2D eigenvalue weighted by molar-refractivity contribution is 4.60. The lowest BCUT2D eigenvalue weighted by atomic mass is 10.4. The Hall–Kier alpha value is -0.0800. The van der Waals surface area contributed by atoms with Crippen molar-refractivity contribution in [2.24, 2.45) is 11.5 Å². The number of hydrogen-bond acceptors (Lipinski definition) is 2. The minimum Gasteiger partial charge on any atom is -0.329 e. The van der Waals surface area contributed by atoms with Gasteiger partial charge in [0, 0.05) is 12.6 Å². The Kier molecular flexibility index (Phi) is 2.14. The first-order valence-electron chi connectivity index (χ1n) is 1.56. The molecule has 0 saturated carbocycles. The molecule has 1 radical (unpaired) electrons. The highest BCUT2D eigenvalue weighted by Gasteiger charge is 1.80. The van der Waals surface area contributed by atoms with E-state index in [1.807, 2.05) is 0 Å². The maximum Gasteiger partial charge on any atom is 0.0163 e. The molecular formula is C3H9N2. The van der Waals surface area contributed by atoms with Crippen molar-refractivity contribution in [3.05, 3.63) is 6.92 Å². The first-order chi connectivity index (χ1) is 2.27. The molecule has 0 aliphatic carbocycles. The van der Waals surface area contributed by atoms with Crippen LogP contribution in [0.4, 0.5) is 0 Å². The summed E-state index contributed by atoms with van der Waals surface area (Å²) >= 11 is 0. The van der Waals surface area contributed by atoms with Gasteiger partial charge in [-0.05, 0) is 6.92 Å². The van der Waals surface area contributed by atoms with Crippen molar-refractivity contribution < 1.29 is 0 Å². The van der Waals surface area contributed by atoms with Gasteiger partial charge in [0.25, 0.3) is 0 Å². The Bertz CT molecular complexity index is 18.9. The van der Waals surface area contributed by atoms with E-state index in [-0.39, 0.29) is 6.04 Å². The van der Waals surface area contributed by atoms with E-state index in [4.69, 9.17) is 11.5 Å². The van der Waals surface area contributed by atoms with Gasteiger partial charge in [-0.15, -0.1) is 0 Å². The molecule has 1 unspecified atom stereocenters. The lowest BCUT2D eigenvalue weighted by Crippen LogP contribution is -2.25. The molecule has 31 valence electrons. The molecule has 0 aliphatic heterocycles. The van der Waals surface area contributed by atoms with E-state index in [0.29, 0.717) is 6.54 Å². The van der Waals surface area contributed by atoms with E-state index < -0.39 is 0 Å². The number of nitrogens with two attached hydrogens (primary N) is 2. The van der Waals surface area contributed by atoms with Crippen LogP contribution in [0.2, 0.25) is 0 Å². The van der Waals surface area contributed by atoms with E-state index in [2.05, 4.69) is 6.92 Å². The van der Waals surface area contributed by atoms with E-state index in [0.717, 1.165) is 0 Å². The summed E-state index contributed by atoms with van der Waals surface area (Å²) in [6.07, 6.45) is 0. The van der Waals surface area contributed by atoms with Crippen molar-refractivity contribution in [2.75, 3.05) is 6.54 Å². The van der Waals surface area contributed by atoms with Gasteiger partial charge < -0.3 is 11.5 Å². The maximum absolute atomic E-state index is 5.06. The van der Waals surface area contributed by atoms with Gasteiger partial charge >= 0.3 is 0 Å². The predicted octanol–water partition coefficient (Wildman–Crippen LogP) is -0.894. The summed E-state index contributed by atoms with van der Waals surface area (Å²) in [7, 11) is 0. The maximum atomic E-state index is 5.06. The molecule has 0 fully saturated rings. The van der Waals surface area contributed by atoms with E-state index in [1.165, 1.54) is 0 Å². The van der Waals surface area contributed by atoms with Gasteiger partial charge in [-0.3, -0.25) is 0 Å². The van der Waals surface area contributed by atoms with Crippen LogP contribution < -0.4 is 11.5 Å². The molecule has 0 aromatic carbocycles. The van der Waals surface area contributed by atoms with Crippen LogP contribution in [0, 0.1) is 6.92 Å². The second-order valence-corrected chi connectivity index (χ2v) is 0.996. The Labute approximate surface area is 32.1 Å². The molecule has 0 spiro atoms. The molecule has 2 heteroatoms. The summed E-state index contributed by atoms with van der Waals surface area (Å²) in [4.78, 5) is 0. The minimum absolute atomic E-state index is 0.0880. The van der Waals surface area contributed by atoms with Crippen LogP contribution in [-0.4, -0.2) is 12.6 Å². The monoisotopic (exact) mass is 73.1 g/mol. The molecule has 0 bridgehead atoms. The van der Waals surface area contributed by atoms with Crippen LogP contribution in [0.5, 0.6) is 0 Å². The summed E-state index contributed by atoms with van der Waals surface area (Å²) in [6, 6.07) is -0.0880. The van der Waals surface area contributed by atoms with E-state index in [1.54, 1.807) is 0 Å². The average Bonchev–Trinajstić information content (AvgIpc) is 1.38. The molecule has 4 N–H and O–H groups in total. The molecule has 0 amide bonds. The lowest BCUT2D eigenvalue weighted by Gasteiger charge is -1.92. The fourth-order valence-electron chi connectivity index (χ4n) is 0. The van der Waals surface area contributed by atoms with Gasteiger partial charge in [0.2, 0.25) is 0 Å². The van der Waals surface area contributed by atoms with Gasteiger partial charge in [0.15, 0.2) is 0 Å². The smallest absolute Gasteiger partial charge is 0.0163 e. The fourth-order valence-corrected chi connectivity index (χ4v) is 0. The van der Waals surface area contributed by atoms with Crippen molar-refractivity contribution in [2.45, 2.75) is 6.04 Å². The highest BCUT2D eigenvalue weighted by atomic mass is 14.7. The summed E-state index contributed by atoms with van der Waals surface area (Å²) < 4.78 is 0. The zero-order chi connectivity index (χ0) is 4.28. The molecule has 0 rings (SSSR count). The SMILES string of the molecule is [CH2]C(N)CN. The van der Waals surface area contributed by atoms with Gasteiger partial charge in [-0.25, -0.2) is 0 Å². The van der Waals surface area contributed by atoms with Gasteiger partial charge in [-0.2, -0.15) is 0 Å². The molecular weight excluding hydrogens is 64.0 g/mol. The second-order valence-electron chi connectivity index (χ2n) is 0.996. The number of hydrogen-bond donors (Lipinski definition) is 2. The highest BCUT2D eigenvalue weighted by Crippen LogP contribution is 1.57. The average molecular weight is 73.1 g/mol. The van der Waals surface area contributed by atoms with Gasteiger partial charge in [0.1, 0.15) is 0 Å². The predicted molar refractivity (Wildman–Crippen MR) is 22.4 cm³/mol. The summed E-state index contributed by atoms with van der Waals surface area (Å²) in [5.41, 5.74) is 10.0. The molecule has 1 atom stereocenters. The van der Waals surface area contributed by atoms with Crippen molar-refractivity contribution in [3.63, 3.8) is 0 Å². The summed E-state index contributed by atoms with van der Waals surface area (Å²) in [6.45, 7) is 3.88. The minimum atomic E-state index is -0.0880. The Morgan fingerprint density at radius 3 is 2.00 bits per heavy atom. The Morgan fingerprint density at radius 2 is 2.00 bits per heavy atom. The normalized spacial score (nSPS) is 15.0. The molecule has 5 heavy (non-hydrogen) atoms. The lowest BCUT2D eigenvalue weighted by molar-refractivity contribution is 0.820. The third-order valence-corrected chi connectivity index (χ3v) is 0.303. The summed E-state index contributed by atoms with van der Waals surface area (Å²) in [5.74, 6) is 0. The van der Waals surface area contributed by atoms with Crippen LogP contribution in [-0.2, 0) is 0 Å². The van der Waals surface area contributed by atoms with Crippen molar-refractivity contribution in [1.29, 1.82) is 0 Å². The first-order valence-corrected chi connectivity index (χ1v) is 1.56. The molecule has 0 saturated heterocycles. The van der Waals surface area contributed by atoms with Crippen LogP contribution >= 0.6 is 0 Å². The van der Waals surface area contributed by atoms with Crippen LogP contribution in [0.3, 0.4) is 0 Å². The molecule has 0 aromatic rings. The van der Waals surface area contributed by atoms with Crippen LogP contribution in [0.25, 0.3) is 0 Å². The Balaban J connectivity index is 2.54. The van der Waals surface area contributed by atoms with Crippen molar-refractivity contribution >= 4 is 0 Å². The second kappa shape index (κ2) is 2.18. The molecule has 2 nitrogen and oxygen atoms in total. The number of rotatable bonds is 1. The molecule has 0 aromatic heterocycles. The van der Waals surface area contributed by atoms with Crippen LogP contribution in [0.15, 0.2) is 0 Å². The van der Waals surface area contributed by atoms with Crippen LogP contribution in [0.1, 0.15) is 0 Å². The molecule has 0 heterocycles. The fraction of sp³-hybridized carbons (Fsp3) is 0.667. The van der Waals surface area contributed by atoms with E-state index >= 15 is 0 Å². The standard InChI is InChI=1S/C3H9N2/c1-3(5)2-4/h3H,1-2,4-5H2. The largest absolute Gasteiger partial charge is 0.329 e. The zero-order valence-corrected chi connectivity index (χ0v) is 3.15. The zero-order valence-electron chi connectivity index (χ0n) is 3.15.